The highest BCUT2D eigenvalue weighted by Gasteiger charge is 2.32. The Bertz CT molecular complexity index is 1210. The van der Waals surface area contributed by atoms with Gasteiger partial charge in [-0.05, 0) is 43.7 Å². The molecule has 3 aromatic rings. The van der Waals surface area contributed by atoms with E-state index in [9.17, 15) is 26.7 Å². The van der Waals surface area contributed by atoms with Crippen molar-refractivity contribution in [2.24, 2.45) is 0 Å². The van der Waals surface area contributed by atoms with Crippen molar-refractivity contribution < 1.29 is 36.2 Å². The summed E-state index contributed by atoms with van der Waals surface area (Å²) in [5, 5.41) is 12.7. The average molecular weight is 511 g/mol. The van der Waals surface area contributed by atoms with Gasteiger partial charge < -0.3 is 14.8 Å². The third-order valence-corrected chi connectivity index (χ3v) is 5.80. The summed E-state index contributed by atoms with van der Waals surface area (Å²) >= 11 is 0. The van der Waals surface area contributed by atoms with Gasteiger partial charge in [-0.3, -0.25) is 14.7 Å². The average Bonchev–Trinajstić information content (AvgIpc) is 2.84. The van der Waals surface area contributed by atoms with Gasteiger partial charge in [0.2, 0.25) is 0 Å². The number of halogens is 5. The van der Waals surface area contributed by atoms with Crippen LogP contribution in [0.3, 0.4) is 0 Å². The molecule has 1 atom stereocenters. The van der Waals surface area contributed by atoms with Gasteiger partial charge in [0.05, 0.1) is 5.56 Å². The van der Waals surface area contributed by atoms with Crippen LogP contribution in [0.2, 0.25) is 0 Å². The lowest BCUT2D eigenvalue weighted by atomic mass is 10.0. The molecule has 0 bridgehead atoms. The number of aromatic nitrogens is 3. The van der Waals surface area contributed by atoms with Crippen LogP contribution < -0.4 is 10.1 Å². The van der Waals surface area contributed by atoms with E-state index in [4.69, 9.17) is 4.74 Å². The van der Waals surface area contributed by atoms with Crippen LogP contribution in [-0.4, -0.2) is 65.4 Å². The quantitative estimate of drug-likeness (QED) is 0.258. The summed E-state index contributed by atoms with van der Waals surface area (Å²) in [4.78, 5) is 16.6. The van der Waals surface area contributed by atoms with Gasteiger partial charge in [0.1, 0.15) is 18.1 Å². The van der Waals surface area contributed by atoms with Gasteiger partial charge in [0, 0.05) is 47.9 Å². The van der Waals surface area contributed by atoms with Crippen molar-refractivity contribution in [3.8, 4) is 17.0 Å². The predicted molar refractivity (Wildman–Crippen MR) is 120 cm³/mol. The van der Waals surface area contributed by atoms with Crippen LogP contribution in [0.5, 0.6) is 5.75 Å². The molecular formula is C23H22F5N5O3. The second kappa shape index (κ2) is 11.0. The van der Waals surface area contributed by atoms with E-state index in [1.54, 1.807) is 6.07 Å². The first kappa shape index (κ1) is 25.5. The molecule has 8 nitrogen and oxygen atoms in total. The minimum Gasteiger partial charge on any atom is -0.467 e. The molecule has 1 aromatic carbocycles. The Balaban J connectivity index is 1.66. The van der Waals surface area contributed by atoms with Crippen molar-refractivity contribution in [2.45, 2.75) is 31.7 Å². The maximum absolute atomic E-state index is 13.2. The van der Waals surface area contributed by atoms with Crippen LogP contribution >= 0.6 is 0 Å². The van der Waals surface area contributed by atoms with Crippen LogP contribution in [0.15, 0.2) is 36.7 Å². The van der Waals surface area contributed by atoms with Crippen molar-refractivity contribution in [1.82, 2.24) is 20.1 Å². The molecule has 0 unspecified atom stereocenters. The van der Waals surface area contributed by atoms with Gasteiger partial charge in [-0.2, -0.15) is 22.0 Å². The van der Waals surface area contributed by atoms with Crippen LogP contribution in [-0.2, 0) is 15.7 Å². The van der Waals surface area contributed by atoms with Crippen molar-refractivity contribution >= 4 is 23.1 Å². The molecule has 0 radical (unpaired) electrons. The number of nitrogens with zero attached hydrogens (tertiary/aromatic N) is 4. The maximum atomic E-state index is 13.2. The molecule has 0 spiro atoms. The maximum Gasteiger partial charge on any atom is 0.416 e. The Hall–Kier alpha value is -3.61. The molecule has 1 saturated heterocycles. The van der Waals surface area contributed by atoms with Crippen LogP contribution in [0, 0.1) is 0 Å². The van der Waals surface area contributed by atoms with Crippen molar-refractivity contribution in [3.63, 3.8) is 0 Å². The van der Waals surface area contributed by atoms with Crippen molar-refractivity contribution in [2.75, 3.05) is 31.6 Å². The van der Waals surface area contributed by atoms with Gasteiger partial charge in [0.15, 0.2) is 5.82 Å². The predicted octanol–water partition coefficient (Wildman–Crippen LogP) is 4.36. The Morgan fingerprint density at radius 2 is 2.03 bits per heavy atom. The number of pyridine rings is 1. The number of likely N-dealkylation sites (tertiary alicyclic amines) is 1. The molecular weight excluding hydrogens is 489 g/mol. The highest BCUT2D eigenvalue weighted by Crippen LogP contribution is 2.39. The molecule has 1 fully saturated rings. The number of hydrogen-bond acceptors (Lipinski definition) is 8. The topological polar surface area (TPSA) is 89.5 Å². The zero-order valence-corrected chi connectivity index (χ0v) is 18.8. The van der Waals surface area contributed by atoms with E-state index in [2.05, 4.69) is 30.1 Å². The number of piperidine rings is 1. The lowest BCUT2D eigenvalue weighted by molar-refractivity contribution is -0.138. The first-order valence-electron chi connectivity index (χ1n) is 11.1. The van der Waals surface area contributed by atoms with Crippen molar-refractivity contribution in [1.29, 1.82) is 0 Å². The Morgan fingerprint density at radius 3 is 2.78 bits per heavy atom. The lowest BCUT2D eigenvalue weighted by Gasteiger charge is -2.33. The highest BCUT2D eigenvalue weighted by molar-refractivity contribution is 6.00. The fraction of sp³-hybridized carbons (Fsp3) is 0.391. The van der Waals surface area contributed by atoms with E-state index in [0.29, 0.717) is 42.2 Å². The monoisotopic (exact) mass is 511 g/mol. The van der Waals surface area contributed by atoms with Crippen molar-refractivity contribution in [3.05, 3.63) is 42.2 Å². The summed E-state index contributed by atoms with van der Waals surface area (Å²) in [7, 11) is 0. The molecule has 2 aromatic heterocycles. The molecule has 192 valence electrons. The fourth-order valence-electron chi connectivity index (χ4n) is 4.19. The first-order chi connectivity index (χ1) is 17.3. The summed E-state index contributed by atoms with van der Waals surface area (Å²) in [5.41, 5.74) is -1.14. The Labute approximate surface area is 202 Å². The molecule has 3 heterocycles. The second-order valence-corrected chi connectivity index (χ2v) is 8.16. The summed E-state index contributed by atoms with van der Waals surface area (Å²) in [6, 6.07) is 3.99. The highest BCUT2D eigenvalue weighted by atomic mass is 19.4. The number of hydrogen-bond donors (Lipinski definition) is 1. The number of alkyl halides is 5. The molecule has 1 aliphatic rings. The zero-order chi connectivity index (χ0) is 25.7. The van der Waals surface area contributed by atoms with E-state index in [-0.39, 0.29) is 23.9 Å². The molecule has 13 heteroatoms. The standard InChI is InChI=1S/C23H22F5N5O3/c24-22(25)36-19-10-14(23(26,27)28)3-4-17(19)20-18-11-29-6-5-16(18)21(32-31-20)30-15-2-1-7-33(12-15)8-9-35-13-34/h3-6,10-11,13,15,22H,1-2,7-9,12H2,(H,30,32)/t15-/m1/s1. The van der Waals surface area contributed by atoms with E-state index in [0.717, 1.165) is 31.5 Å². The number of carbonyl (C=O) groups is 1. The SMILES string of the molecule is O=COCCN1CCC[C@@H](Nc2nnc(-c3ccc(C(F)(F)F)cc3OC(F)F)c3cnccc23)C1. The summed E-state index contributed by atoms with van der Waals surface area (Å²) in [6.45, 7) is -0.523. The summed E-state index contributed by atoms with van der Waals surface area (Å²) in [6.07, 6.45) is -0.0183. The van der Waals surface area contributed by atoms with Crippen LogP contribution in [0.1, 0.15) is 18.4 Å². The van der Waals surface area contributed by atoms with Gasteiger partial charge >= 0.3 is 12.8 Å². The summed E-state index contributed by atoms with van der Waals surface area (Å²) < 4.78 is 74.7. The van der Waals surface area contributed by atoms with E-state index < -0.39 is 24.1 Å². The normalized spacial score (nSPS) is 16.8. The molecule has 36 heavy (non-hydrogen) atoms. The van der Waals surface area contributed by atoms with Crippen LogP contribution in [0.4, 0.5) is 27.8 Å². The number of ether oxygens (including phenoxy) is 2. The molecule has 0 amide bonds. The third kappa shape index (κ3) is 5.96. The van der Waals surface area contributed by atoms with Gasteiger partial charge in [-0.25, -0.2) is 0 Å². The lowest BCUT2D eigenvalue weighted by Crippen LogP contribution is -2.43. The molecule has 1 N–H and O–H groups in total. The van der Waals surface area contributed by atoms with E-state index in [1.165, 1.54) is 12.4 Å². The molecule has 0 aliphatic carbocycles. The molecule has 0 saturated carbocycles. The number of carbonyl (C=O) groups excluding carboxylic acids is 1. The fourth-order valence-corrected chi connectivity index (χ4v) is 4.19. The van der Waals surface area contributed by atoms with E-state index in [1.807, 2.05) is 0 Å². The summed E-state index contributed by atoms with van der Waals surface area (Å²) in [5.74, 6) is -0.240. The zero-order valence-electron chi connectivity index (χ0n) is 18.8. The third-order valence-electron chi connectivity index (χ3n) is 5.80. The minimum absolute atomic E-state index is 0.00953. The first-order valence-corrected chi connectivity index (χ1v) is 11.1. The Morgan fingerprint density at radius 1 is 1.19 bits per heavy atom. The molecule has 4 rings (SSSR count). The number of fused-ring (bicyclic) bond motifs is 1. The number of benzene rings is 1. The number of anilines is 1. The van der Waals surface area contributed by atoms with Gasteiger partial charge in [-0.15, -0.1) is 10.2 Å². The number of rotatable bonds is 9. The van der Waals surface area contributed by atoms with Gasteiger partial charge in [0.25, 0.3) is 6.47 Å². The van der Waals surface area contributed by atoms with E-state index >= 15 is 0 Å². The Kier molecular flexibility index (Phi) is 7.77. The van der Waals surface area contributed by atoms with Gasteiger partial charge in [-0.1, -0.05) is 0 Å². The molecule has 1 aliphatic heterocycles. The smallest absolute Gasteiger partial charge is 0.416 e. The second-order valence-electron chi connectivity index (χ2n) is 8.16. The minimum atomic E-state index is -4.74. The van der Waals surface area contributed by atoms with Crippen LogP contribution in [0.25, 0.3) is 22.0 Å². The largest absolute Gasteiger partial charge is 0.467 e. The number of nitrogens with one attached hydrogen (secondary N) is 1.